The van der Waals surface area contributed by atoms with Crippen LogP contribution in [0.25, 0.3) is 0 Å². The second-order valence-corrected chi connectivity index (χ2v) is 8.79. The fourth-order valence-corrected chi connectivity index (χ4v) is 5.01. The van der Waals surface area contributed by atoms with Gasteiger partial charge in [0.2, 0.25) is 0 Å². The Morgan fingerprint density at radius 1 is 1.21 bits per heavy atom. The Bertz CT molecular complexity index is 607. The van der Waals surface area contributed by atoms with Crippen LogP contribution in [0.2, 0.25) is 0 Å². The third-order valence-corrected chi connectivity index (χ3v) is 6.75. The number of hydrogen-bond acceptors (Lipinski definition) is 6. The van der Waals surface area contributed by atoms with Crippen LogP contribution in [0, 0.1) is 5.92 Å². The van der Waals surface area contributed by atoms with Crippen molar-refractivity contribution in [2.75, 3.05) is 19.0 Å². The van der Waals surface area contributed by atoms with Gasteiger partial charge in [-0.3, -0.25) is 9.59 Å². The minimum Gasteiger partial charge on any atom is -0.491 e. The number of para-hydroxylation sites is 1. The van der Waals surface area contributed by atoms with Crippen LogP contribution in [0.4, 0.5) is 0 Å². The van der Waals surface area contributed by atoms with E-state index in [1.807, 2.05) is 37.3 Å². The Balaban J connectivity index is 1.60. The van der Waals surface area contributed by atoms with E-state index >= 15 is 0 Å². The average Bonchev–Trinajstić information content (AvgIpc) is 3.08. The van der Waals surface area contributed by atoms with Gasteiger partial charge in [-0.2, -0.15) is 11.8 Å². The maximum Gasteiger partial charge on any atom is 0.305 e. The number of ketones is 1. The van der Waals surface area contributed by atoms with Crippen molar-refractivity contribution in [1.29, 1.82) is 0 Å². The maximum absolute atomic E-state index is 12.3. The van der Waals surface area contributed by atoms with Gasteiger partial charge in [0.15, 0.2) is 0 Å². The summed E-state index contributed by atoms with van der Waals surface area (Å²) in [6.45, 7) is 2.53. The highest BCUT2D eigenvalue weighted by Gasteiger charge is 2.34. The fraction of sp³-hybridized carbons (Fsp3) is 0.652. The van der Waals surface area contributed by atoms with Crippen molar-refractivity contribution in [2.24, 2.45) is 5.92 Å². The predicted octanol–water partition coefficient (Wildman–Crippen LogP) is 4.41. The zero-order valence-electron chi connectivity index (χ0n) is 17.4. The Kier molecular flexibility index (Phi) is 11.2. The summed E-state index contributed by atoms with van der Waals surface area (Å²) in [5.74, 6) is 1.69. The molecule has 0 bridgehead atoms. The third-order valence-electron chi connectivity index (χ3n) is 5.18. The van der Waals surface area contributed by atoms with E-state index in [0.29, 0.717) is 36.2 Å². The van der Waals surface area contributed by atoms with Crippen LogP contribution >= 0.6 is 11.8 Å². The quantitative estimate of drug-likeness (QED) is 0.354. The number of aliphatic hydroxyl groups excluding tert-OH is 1. The molecule has 0 saturated heterocycles. The summed E-state index contributed by atoms with van der Waals surface area (Å²) < 4.78 is 10.5. The van der Waals surface area contributed by atoms with Crippen LogP contribution in [-0.4, -0.2) is 47.2 Å². The summed E-state index contributed by atoms with van der Waals surface area (Å²) in [5.41, 5.74) is 0. The molecule has 0 radical (unpaired) electrons. The molecular formula is C23H34O5S. The van der Waals surface area contributed by atoms with Gasteiger partial charge in [-0.15, -0.1) is 0 Å². The highest BCUT2D eigenvalue weighted by molar-refractivity contribution is 8.00. The number of esters is 1. The number of carbonyl (C=O) groups is 2. The predicted molar refractivity (Wildman–Crippen MR) is 116 cm³/mol. The first-order valence-corrected chi connectivity index (χ1v) is 11.8. The first kappa shape index (κ1) is 23.7. The Hall–Kier alpha value is -1.53. The van der Waals surface area contributed by atoms with E-state index in [-0.39, 0.29) is 18.5 Å². The number of carbonyl (C=O) groups excluding carboxylic acids is 2. The van der Waals surface area contributed by atoms with Crippen LogP contribution < -0.4 is 4.74 Å². The molecule has 29 heavy (non-hydrogen) atoms. The number of rotatable bonds is 14. The molecule has 0 unspecified atom stereocenters. The molecule has 2 rings (SSSR count). The molecule has 0 aliphatic heterocycles. The summed E-state index contributed by atoms with van der Waals surface area (Å²) >= 11 is 1.70. The van der Waals surface area contributed by atoms with Crippen molar-refractivity contribution >= 4 is 23.5 Å². The van der Waals surface area contributed by atoms with Crippen LogP contribution in [0.15, 0.2) is 30.3 Å². The number of thioether (sulfide) groups is 1. The van der Waals surface area contributed by atoms with E-state index in [0.717, 1.165) is 44.3 Å². The van der Waals surface area contributed by atoms with Gasteiger partial charge in [0.05, 0.1) is 12.7 Å². The van der Waals surface area contributed by atoms with Gasteiger partial charge in [0.1, 0.15) is 18.1 Å². The minimum atomic E-state index is -0.542. The third kappa shape index (κ3) is 9.22. The van der Waals surface area contributed by atoms with Gasteiger partial charge >= 0.3 is 5.97 Å². The van der Waals surface area contributed by atoms with Crippen molar-refractivity contribution in [1.82, 2.24) is 0 Å². The van der Waals surface area contributed by atoms with E-state index in [1.54, 1.807) is 11.8 Å². The number of unbranched alkanes of at least 4 members (excludes halogenated alkanes) is 3. The molecule has 1 aliphatic rings. The van der Waals surface area contributed by atoms with Gasteiger partial charge in [-0.25, -0.2) is 0 Å². The Morgan fingerprint density at radius 3 is 2.72 bits per heavy atom. The van der Waals surface area contributed by atoms with Gasteiger partial charge in [-0.1, -0.05) is 37.5 Å². The lowest BCUT2D eigenvalue weighted by molar-refractivity contribution is -0.143. The molecule has 0 heterocycles. The fourth-order valence-electron chi connectivity index (χ4n) is 3.64. The molecule has 0 aromatic heterocycles. The van der Waals surface area contributed by atoms with E-state index in [2.05, 4.69) is 0 Å². The zero-order chi connectivity index (χ0) is 20.9. The minimum absolute atomic E-state index is 0.104. The van der Waals surface area contributed by atoms with Crippen molar-refractivity contribution in [3.05, 3.63) is 30.3 Å². The number of benzene rings is 1. The SMILES string of the molecule is CCOC(=O)CCCCCC[C@H]1C(=O)CC[C@@H]1SC[C@@H](O)COc1ccccc1. The van der Waals surface area contributed by atoms with E-state index in [4.69, 9.17) is 9.47 Å². The molecule has 1 saturated carbocycles. The molecule has 1 aliphatic carbocycles. The van der Waals surface area contributed by atoms with Crippen molar-refractivity contribution in [2.45, 2.75) is 69.6 Å². The molecule has 6 heteroatoms. The summed E-state index contributed by atoms with van der Waals surface area (Å²) in [7, 11) is 0. The summed E-state index contributed by atoms with van der Waals surface area (Å²) in [6, 6.07) is 9.48. The van der Waals surface area contributed by atoms with E-state index < -0.39 is 6.10 Å². The number of ether oxygens (including phenoxy) is 2. The molecule has 0 spiro atoms. The Labute approximate surface area is 178 Å². The maximum atomic E-state index is 12.3. The molecule has 3 atom stereocenters. The first-order chi connectivity index (χ1) is 14.1. The van der Waals surface area contributed by atoms with Crippen LogP contribution in [0.3, 0.4) is 0 Å². The molecule has 1 aromatic rings. The van der Waals surface area contributed by atoms with E-state index in [9.17, 15) is 14.7 Å². The summed E-state index contributed by atoms with van der Waals surface area (Å²) in [4.78, 5) is 23.6. The molecule has 162 valence electrons. The van der Waals surface area contributed by atoms with Crippen molar-refractivity contribution < 1.29 is 24.2 Å². The monoisotopic (exact) mass is 422 g/mol. The topological polar surface area (TPSA) is 72.8 Å². The largest absolute Gasteiger partial charge is 0.491 e. The summed E-state index contributed by atoms with van der Waals surface area (Å²) in [5, 5.41) is 10.5. The van der Waals surface area contributed by atoms with Crippen LogP contribution in [-0.2, 0) is 14.3 Å². The summed E-state index contributed by atoms with van der Waals surface area (Å²) in [6.07, 6.45) is 6.30. The smallest absolute Gasteiger partial charge is 0.305 e. The van der Waals surface area contributed by atoms with Gasteiger partial charge in [0.25, 0.3) is 0 Å². The molecule has 1 fully saturated rings. The van der Waals surface area contributed by atoms with Gasteiger partial charge in [-0.05, 0) is 38.3 Å². The van der Waals surface area contributed by atoms with E-state index in [1.165, 1.54) is 0 Å². The zero-order valence-corrected chi connectivity index (χ0v) is 18.2. The van der Waals surface area contributed by atoms with Crippen molar-refractivity contribution in [3.63, 3.8) is 0 Å². The lowest BCUT2D eigenvalue weighted by Crippen LogP contribution is -2.24. The number of hydrogen-bond donors (Lipinski definition) is 1. The number of Topliss-reactive ketones (excluding diaryl/α,β-unsaturated/α-hetero) is 1. The highest BCUT2D eigenvalue weighted by Crippen LogP contribution is 2.36. The van der Waals surface area contributed by atoms with Crippen LogP contribution in [0.5, 0.6) is 5.75 Å². The van der Waals surface area contributed by atoms with Gasteiger partial charge < -0.3 is 14.6 Å². The molecular weight excluding hydrogens is 388 g/mol. The molecule has 0 amide bonds. The van der Waals surface area contributed by atoms with Crippen LogP contribution in [0.1, 0.15) is 58.3 Å². The Morgan fingerprint density at radius 2 is 1.97 bits per heavy atom. The standard InChI is InChI=1S/C23H34O5S/c1-2-27-23(26)13-9-4-3-8-12-20-21(25)14-15-22(20)29-17-18(24)16-28-19-10-6-5-7-11-19/h5-7,10-11,18,20,22,24H,2-4,8-9,12-17H2,1H3/t18-,20-,22-/m0/s1. The normalized spacial score (nSPS) is 19.9. The van der Waals surface area contributed by atoms with Gasteiger partial charge in [0, 0.05) is 29.8 Å². The second-order valence-electron chi connectivity index (χ2n) is 7.52. The number of aliphatic hydroxyl groups is 1. The molecule has 5 nitrogen and oxygen atoms in total. The average molecular weight is 423 g/mol. The second kappa shape index (κ2) is 13.6. The lowest BCUT2D eigenvalue weighted by atomic mass is 9.98. The first-order valence-electron chi connectivity index (χ1n) is 10.8. The molecule has 1 aromatic carbocycles. The molecule has 1 N–H and O–H groups in total. The van der Waals surface area contributed by atoms with Crippen molar-refractivity contribution in [3.8, 4) is 5.75 Å². The highest BCUT2D eigenvalue weighted by atomic mass is 32.2. The lowest BCUT2D eigenvalue weighted by Gasteiger charge is -2.20.